The van der Waals surface area contributed by atoms with Crippen molar-refractivity contribution in [3.05, 3.63) is 40.9 Å². The van der Waals surface area contributed by atoms with Crippen LogP contribution in [-0.2, 0) is 21.9 Å². The lowest BCUT2D eigenvalue weighted by Crippen LogP contribution is -2.48. The first kappa shape index (κ1) is 19.6. The lowest BCUT2D eigenvalue weighted by atomic mass is 9.74. The van der Waals surface area contributed by atoms with Gasteiger partial charge in [0.25, 0.3) is 0 Å². The number of nitrogens with one attached hydrogen (secondary N) is 3. The van der Waals surface area contributed by atoms with Gasteiger partial charge in [-0.05, 0) is 25.0 Å². The van der Waals surface area contributed by atoms with Gasteiger partial charge in [-0.25, -0.2) is 8.42 Å². The quantitative estimate of drug-likeness (QED) is 0.633. The number of furan rings is 1. The molecule has 6 nitrogen and oxygen atoms in total. The zero-order chi connectivity index (χ0) is 19.9. The number of anilines is 1. The minimum Gasteiger partial charge on any atom is -0.459 e. The molecule has 1 aromatic heterocycles. The molecular formula is C20H26ClN3O3S. The number of fused-ring (bicyclic) bond motifs is 4. The van der Waals surface area contributed by atoms with E-state index in [9.17, 15) is 8.42 Å². The molecule has 28 heavy (non-hydrogen) atoms. The van der Waals surface area contributed by atoms with Crippen molar-refractivity contribution in [3.8, 4) is 0 Å². The third-order valence-corrected chi connectivity index (χ3v) is 6.85. The van der Waals surface area contributed by atoms with E-state index in [-0.39, 0.29) is 11.3 Å². The average Bonchev–Trinajstić information content (AvgIpc) is 3.01. The number of halogens is 1. The van der Waals surface area contributed by atoms with Crippen LogP contribution < -0.4 is 16.0 Å². The van der Waals surface area contributed by atoms with Crippen LogP contribution in [0.1, 0.15) is 43.4 Å². The van der Waals surface area contributed by atoms with Crippen molar-refractivity contribution in [3.63, 3.8) is 0 Å². The Morgan fingerprint density at radius 3 is 2.75 bits per heavy atom. The summed E-state index contributed by atoms with van der Waals surface area (Å²) in [6.07, 6.45) is 6.79. The van der Waals surface area contributed by atoms with E-state index in [0.717, 1.165) is 59.5 Å². The van der Waals surface area contributed by atoms with Gasteiger partial charge in [0.2, 0.25) is 0 Å². The molecule has 0 radical (unpaired) electrons. The second-order valence-corrected chi connectivity index (χ2v) is 10.6. The first-order valence-corrected chi connectivity index (χ1v) is 12.1. The van der Waals surface area contributed by atoms with Gasteiger partial charge in [0, 0.05) is 23.8 Å². The molecule has 0 bridgehead atoms. The Kier molecular flexibility index (Phi) is 5.10. The largest absolute Gasteiger partial charge is 0.459 e. The van der Waals surface area contributed by atoms with E-state index in [0.29, 0.717) is 18.1 Å². The van der Waals surface area contributed by atoms with Crippen molar-refractivity contribution in [2.75, 3.05) is 23.9 Å². The molecule has 8 heteroatoms. The molecule has 1 aliphatic carbocycles. The van der Waals surface area contributed by atoms with E-state index in [1.54, 1.807) is 0 Å². The number of sulfone groups is 1. The molecule has 152 valence electrons. The van der Waals surface area contributed by atoms with E-state index in [2.05, 4.69) is 22.5 Å². The van der Waals surface area contributed by atoms with E-state index in [1.165, 1.54) is 12.7 Å². The van der Waals surface area contributed by atoms with Crippen LogP contribution in [-0.4, -0.2) is 27.0 Å². The third-order valence-electron chi connectivity index (χ3n) is 5.61. The summed E-state index contributed by atoms with van der Waals surface area (Å²) < 4.78 is 28.8. The highest BCUT2D eigenvalue weighted by Crippen LogP contribution is 2.49. The Balaban J connectivity index is 1.70. The molecule has 1 aliphatic heterocycles. The van der Waals surface area contributed by atoms with Crippen molar-refractivity contribution >= 4 is 38.1 Å². The topological polar surface area (TPSA) is 83.4 Å². The molecule has 2 aromatic rings. The second-order valence-electron chi connectivity index (χ2n) is 7.92. The lowest BCUT2D eigenvalue weighted by Gasteiger charge is -2.44. The van der Waals surface area contributed by atoms with Crippen molar-refractivity contribution < 1.29 is 12.8 Å². The van der Waals surface area contributed by atoms with Gasteiger partial charge in [-0.2, -0.15) is 0 Å². The summed E-state index contributed by atoms with van der Waals surface area (Å²) >= 11 is 6.62. The molecule has 1 fully saturated rings. The molecule has 0 atom stereocenters. The highest BCUT2D eigenvalue weighted by atomic mass is 35.5. The summed E-state index contributed by atoms with van der Waals surface area (Å²) in [4.78, 5) is 0. The summed E-state index contributed by atoms with van der Waals surface area (Å²) in [5.74, 6) is 1.64. The zero-order valence-electron chi connectivity index (χ0n) is 16.0. The van der Waals surface area contributed by atoms with Crippen molar-refractivity contribution in [1.82, 2.24) is 10.6 Å². The fourth-order valence-corrected chi connectivity index (χ4v) is 5.18. The van der Waals surface area contributed by atoms with Crippen LogP contribution in [0.2, 0.25) is 5.02 Å². The Morgan fingerprint density at radius 1 is 1.29 bits per heavy atom. The molecule has 1 saturated carbocycles. The lowest BCUT2D eigenvalue weighted by molar-refractivity contribution is 0.250. The van der Waals surface area contributed by atoms with E-state index in [1.807, 2.05) is 12.1 Å². The maximum absolute atomic E-state index is 11.3. The van der Waals surface area contributed by atoms with Crippen molar-refractivity contribution in [2.24, 2.45) is 0 Å². The first-order valence-electron chi connectivity index (χ1n) is 9.65. The summed E-state index contributed by atoms with van der Waals surface area (Å²) in [6.45, 7) is 4.95. The molecule has 0 unspecified atom stereocenters. The van der Waals surface area contributed by atoms with Gasteiger partial charge in [-0.15, -0.1) is 0 Å². The number of benzene rings is 1. The molecule has 0 saturated heterocycles. The average molecular weight is 424 g/mol. The number of hydrogen-bond donors (Lipinski definition) is 3. The predicted octanol–water partition coefficient (Wildman–Crippen LogP) is 3.87. The second kappa shape index (κ2) is 7.28. The molecule has 4 rings (SSSR count). The highest BCUT2D eigenvalue weighted by molar-refractivity contribution is 7.90. The molecule has 0 amide bonds. The van der Waals surface area contributed by atoms with E-state index < -0.39 is 9.84 Å². The number of rotatable bonds is 5. The van der Waals surface area contributed by atoms with Crippen LogP contribution in [0.3, 0.4) is 0 Å². The monoisotopic (exact) mass is 423 g/mol. The fourth-order valence-electron chi connectivity index (χ4n) is 4.40. The third kappa shape index (κ3) is 3.75. The van der Waals surface area contributed by atoms with Crippen LogP contribution >= 0.6 is 11.6 Å². The standard InChI is InChI=1S/C20H26ClN3O3S/c1-13-23-18-16(21)11-14-10-15(12-22-8-9-28(2,25)26)27-19(14)17(18)20(24-13)6-4-3-5-7-20/h10-11,22-24H,1,3-9,12H2,2H3. The smallest absolute Gasteiger partial charge is 0.148 e. The van der Waals surface area contributed by atoms with Crippen LogP contribution in [0.25, 0.3) is 11.0 Å². The molecule has 1 spiro atoms. The normalized spacial score (nSPS) is 18.7. The predicted molar refractivity (Wildman–Crippen MR) is 113 cm³/mol. The summed E-state index contributed by atoms with van der Waals surface area (Å²) in [5.41, 5.74) is 2.60. The number of hydrogen-bond acceptors (Lipinski definition) is 6. The van der Waals surface area contributed by atoms with Gasteiger partial charge < -0.3 is 20.4 Å². The maximum atomic E-state index is 11.3. The van der Waals surface area contributed by atoms with Crippen LogP contribution in [0.4, 0.5) is 5.69 Å². The van der Waals surface area contributed by atoms with Gasteiger partial charge in [-0.1, -0.05) is 37.4 Å². The zero-order valence-corrected chi connectivity index (χ0v) is 17.6. The SMILES string of the molecule is C=C1Nc2c(Cl)cc3cc(CNCCS(C)(=O)=O)oc3c2C2(CCCCC2)N1. The van der Waals surface area contributed by atoms with Gasteiger partial charge in [0.15, 0.2) is 0 Å². The molecule has 2 aliphatic rings. The fraction of sp³-hybridized carbons (Fsp3) is 0.500. The van der Waals surface area contributed by atoms with Crippen LogP contribution in [0, 0.1) is 0 Å². The highest BCUT2D eigenvalue weighted by Gasteiger charge is 2.42. The van der Waals surface area contributed by atoms with Crippen molar-refractivity contribution in [1.29, 1.82) is 0 Å². The minimum absolute atomic E-state index is 0.105. The van der Waals surface area contributed by atoms with Gasteiger partial charge in [0.1, 0.15) is 21.2 Å². The Hall–Kier alpha value is -1.70. The first-order chi connectivity index (χ1) is 13.3. The minimum atomic E-state index is -2.98. The van der Waals surface area contributed by atoms with Gasteiger partial charge >= 0.3 is 0 Å². The van der Waals surface area contributed by atoms with Crippen LogP contribution in [0.15, 0.2) is 28.9 Å². The Labute approximate surface area is 170 Å². The van der Waals surface area contributed by atoms with Gasteiger partial charge in [-0.3, -0.25) is 0 Å². The van der Waals surface area contributed by atoms with Crippen molar-refractivity contribution in [2.45, 2.75) is 44.2 Å². The molecule has 2 heterocycles. The molecular weight excluding hydrogens is 398 g/mol. The van der Waals surface area contributed by atoms with Gasteiger partial charge in [0.05, 0.1) is 34.4 Å². The Morgan fingerprint density at radius 2 is 2.04 bits per heavy atom. The maximum Gasteiger partial charge on any atom is 0.148 e. The molecule has 1 aromatic carbocycles. The molecule has 3 N–H and O–H groups in total. The van der Waals surface area contributed by atoms with Crippen LogP contribution in [0.5, 0.6) is 0 Å². The Bertz CT molecular complexity index is 1020. The summed E-state index contributed by atoms with van der Waals surface area (Å²) in [7, 11) is -2.98. The summed E-state index contributed by atoms with van der Waals surface area (Å²) in [5, 5.41) is 11.6. The van der Waals surface area contributed by atoms with E-state index in [4.69, 9.17) is 16.0 Å². The summed E-state index contributed by atoms with van der Waals surface area (Å²) in [6, 6.07) is 3.90. The van der Waals surface area contributed by atoms with E-state index >= 15 is 0 Å².